The summed E-state index contributed by atoms with van der Waals surface area (Å²) in [5.74, 6) is 2.61. The molecule has 17 heavy (non-hydrogen) atoms. The van der Waals surface area contributed by atoms with Crippen LogP contribution in [-0.2, 0) is 0 Å². The van der Waals surface area contributed by atoms with Gasteiger partial charge in [0.2, 0.25) is 0 Å². The van der Waals surface area contributed by atoms with Crippen LogP contribution in [0, 0.1) is 11.8 Å². The topological polar surface area (TPSA) is 12.0 Å². The largest absolute Gasteiger partial charge is 0.315 e. The molecule has 94 valence electrons. The van der Waals surface area contributed by atoms with E-state index in [0.717, 1.165) is 24.3 Å². The second-order valence-electron chi connectivity index (χ2n) is 5.79. The molecule has 0 bridgehead atoms. The Bertz CT molecular complexity index is 331. The van der Waals surface area contributed by atoms with Crippen LogP contribution >= 0.6 is 0 Å². The van der Waals surface area contributed by atoms with Crippen LogP contribution in [0.1, 0.15) is 45.1 Å². The maximum atomic E-state index is 3.51. The molecule has 1 aliphatic carbocycles. The lowest BCUT2D eigenvalue weighted by Crippen LogP contribution is -2.25. The first-order valence-corrected chi connectivity index (χ1v) is 6.97. The lowest BCUT2D eigenvalue weighted by molar-refractivity contribution is 0.430. The Hall–Kier alpha value is -0.820. The molecule has 1 heteroatoms. The van der Waals surface area contributed by atoms with Gasteiger partial charge in [0, 0.05) is 6.04 Å². The molecule has 0 radical (unpaired) electrons. The van der Waals surface area contributed by atoms with Gasteiger partial charge in [-0.15, -0.1) is 0 Å². The van der Waals surface area contributed by atoms with Gasteiger partial charge in [-0.1, -0.05) is 51.1 Å². The van der Waals surface area contributed by atoms with Crippen LogP contribution in [-0.4, -0.2) is 12.6 Å². The fourth-order valence-electron chi connectivity index (χ4n) is 2.74. The van der Waals surface area contributed by atoms with Crippen molar-refractivity contribution >= 4 is 0 Å². The predicted octanol–water partition coefficient (Wildman–Crippen LogP) is 3.81. The third kappa shape index (κ3) is 3.57. The molecule has 0 amide bonds. The van der Waals surface area contributed by atoms with Crippen LogP contribution in [0.15, 0.2) is 30.3 Å². The number of benzene rings is 1. The molecule has 2 rings (SSSR count). The van der Waals surface area contributed by atoms with Gasteiger partial charge in [-0.25, -0.2) is 0 Å². The molecule has 1 aromatic carbocycles. The molecule has 3 unspecified atom stereocenters. The molecule has 0 aromatic heterocycles. The molecule has 0 heterocycles. The maximum absolute atomic E-state index is 3.51. The summed E-state index contributed by atoms with van der Waals surface area (Å²) in [7, 11) is 0. The van der Waals surface area contributed by atoms with Crippen LogP contribution in [0.5, 0.6) is 0 Å². The quantitative estimate of drug-likeness (QED) is 0.785. The van der Waals surface area contributed by atoms with Crippen LogP contribution in [0.25, 0.3) is 0 Å². The molecule has 1 aliphatic rings. The van der Waals surface area contributed by atoms with E-state index in [4.69, 9.17) is 0 Å². The number of nitrogens with one attached hydrogen (secondary N) is 1. The zero-order chi connectivity index (χ0) is 12.3. The van der Waals surface area contributed by atoms with Gasteiger partial charge in [0.15, 0.2) is 0 Å². The normalized spacial score (nSPS) is 24.9. The van der Waals surface area contributed by atoms with E-state index in [1.807, 2.05) is 0 Å². The number of hydrogen-bond acceptors (Lipinski definition) is 1. The van der Waals surface area contributed by atoms with Crippen molar-refractivity contribution in [2.45, 2.75) is 45.6 Å². The van der Waals surface area contributed by atoms with Crippen molar-refractivity contribution in [3.05, 3.63) is 35.9 Å². The van der Waals surface area contributed by atoms with Gasteiger partial charge in [0.25, 0.3) is 0 Å². The summed E-state index contributed by atoms with van der Waals surface area (Å²) in [5.41, 5.74) is 1.54. The summed E-state index contributed by atoms with van der Waals surface area (Å²) in [6.45, 7) is 8.01. The summed E-state index contributed by atoms with van der Waals surface area (Å²) >= 11 is 0. The van der Waals surface area contributed by atoms with Gasteiger partial charge in [-0.3, -0.25) is 0 Å². The first-order valence-electron chi connectivity index (χ1n) is 6.97. The summed E-state index contributed by atoms with van der Waals surface area (Å²) in [4.78, 5) is 0. The van der Waals surface area contributed by atoms with E-state index in [1.165, 1.54) is 12.8 Å². The molecule has 0 spiro atoms. The first kappa shape index (κ1) is 12.6. The molecule has 1 aromatic rings. The van der Waals surface area contributed by atoms with Gasteiger partial charge in [0.05, 0.1) is 0 Å². The molecule has 0 aliphatic heterocycles. The zero-order valence-electron chi connectivity index (χ0n) is 11.3. The number of rotatable bonds is 6. The van der Waals surface area contributed by atoms with E-state index in [2.05, 4.69) is 56.4 Å². The van der Waals surface area contributed by atoms with Gasteiger partial charge in [-0.05, 0) is 42.7 Å². The lowest BCUT2D eigenvalue weighted by Gasteiger charge is -2.13. The Balaban J connectivity index is 1.75. The Morgan fingerprint density at radius 1 is 1.18 bits per heavy atom. The second-order valence-corrected chi connectivity index (χ2v) is 5.79. The molecule has 1 saturated carbocycles. The van der Waals surface area contributed by atoms with Gasteiger partial charge in [-0.2, -0.15) is 0 Å². The van der Waals surface area contributed by atoms with Crippen LogP contribution < -0.4 is 5.32 Å². The molecule has 0 saturated heterocycles. The fraction of sp³-hybridized carbons (Fsp3) is 0.625. The highest BCUT2D eigenvalue weighted by Crippen LogP contribution is 2.52. The smallest absolute Gasteiger partial charge is 0.00103 e. The van der Waals surface area contributed by atoms with Crippen molar-refractivity contribution in [1.82, 2.24) is 5.32 Å². The minimum Gasteiger partial charge on any atom is -0.315 e. The monoisotopic (exact) mass is 231 g/mol. The highest BCUT2D eigenvalue weighted by molar-refractivity contribution is 5.25. The van der Waals surface area contributed by atoms with Gasteiger partial charge in [0.1, 0.15) is 0 Å². The van der Waals surface area contributed by atoms with E-state index in [9.17, 15) is 0 Å². The summed E-state index contributed by atoms with van der Waals surface area (Å²) in [5, 5.41) is 3.51. The van der Waals surface area contributed by atoms with E-state index < -0.39 is 0 Å². The Morgan fingerprint density at radius 2 is 1.88 bits per heavy atom. The first-order chi connectivity index (χ1) is 8.18. The summed E-state index contributed by atoms with van der Waals surface area (Å²) in [6, 6.07) is 11.6. The Labute approximate surface area is 106 Å². The second kappa shape index (κ2) is 5.68. The van der Waals surface area contributed by atoms with Gasteiger partial charge >= 0.3 is 0 Å². The third-order valence-corrected chi connectivity index (χ3v) is 3.95. The molecular formula is C16H25N. The van der Waals surface area contributed by atoms with Crippen LogP contribution in [0.4, 0.5) is 0 Å². The minimum absolute atomic E-state index is 0.617. The highest BCUT2D eigenvalue weighted by atomic mass is 14.9. The SMILES string of the molecule is CC(C)NCCC(C)C1CC1c1ccccc1. The standard InChI is InChI=1S/C16H25N/c1-12(2)17-10-9-13(3)15-11-16(15)14-7-5-4-6-8-14/h4-8,12-13,15-17H,9-11H2,1-3H3. The minimum atomic E-state index is 0.617. The van der Waals surface area contributed by atoms with Crippen molar-refractivity contribution in [2.75, 3.05) is 6.54 Å². The average Bonchev–Trinajstić information content (AvgIpc) is 3.09. The third-order valence-electron chi connectivity index (χ3n) is 3.95. The van der Waals surface area contributed by atoms with E-state index in [0.29, 0.717) is 6.04 Å². The summed E-state index contributed by atoms with van der Waals surface area (Å²) < 4.78 is 0. The average molecular weight is 231 g/mol. The van der Waals surface area contributed by atoms with Gasteiger partial charge < -0.3 is 5.32 Å². The van der Waals surface area contributed by atoms with Crippen molar-refractivity contribution < 1.29 is 0 Å². The zero-order valence-corrected chi connectivity index (χ0v) is 11.3. The Morgan fingerprint density at radius 3 is 2.53 bits per heavy atom. The van der Waals surface area contributed by atoms with E-state index >= 15 is 0 Å². The molecule has 1 nitrogen and oxygen atoms in total. The van der Waals surface area contributed by atoms with E-state index in [-0.39, 0.29) is 0 Å². The Kier molecular flexibility index (Phi) is 4.22. The van der Waals surface area contributed by atoms with Crippen molar-refractivity contribution in [3.8, 4) is 0 Å². The molecule has 1 fully saturated rings. The number of hydrogen-bond donors (Lipinski definition) is 1. The van der Waals surface area contributed by atoms with Crippen molar-refractivity contribution in [3.63, 3.8) is 0 Å². The van der Waals surface area contributed by atoms with Crippen molar-refractivity contribution in [2.24, 2.45) is 11.8 Å². The highest BCUT2D eigenvalue weighted by Gasteiger charge is 2.41. The molecule has 3 atom stereocenters. The van der Waals surface area contributed by atoms with Crippen LogP contribution in [0.3, 0.4) is 0 Å². The fourth-order valence-corrected chi connectivity index (χ4v) is 2.74. The van der Waals surface area contributed by atoms with Crippen LogP contribution in [0.2, 0.25) is 0 Å². The van der Waals surface area contributed by atoms with Crippen molar-refractivity contribution in [1.29, 1.82) is 0 Å². The van der Waals surface area contributed by atoms with E-state index in [1.54, 1.807) is 5.56 Å². The summed E-state index contributed by atoms with van der Waals surface area (Å²) in [6.07, 6.45) is 2.71. The molecule has 1 N–H and O–H groups in total. The molecular weight excluding hydrogens is 206 g/mol. The lowest BCUT2D eigenvalue weighted by atomic mass is 9.98. The predicted molar refractivity (Wildman–Crippen MR) is 74.2 cm³/mol. The maximum Gasteiger partial charge on any atom is 0.00103 e.